The fourth-order valence-corrected chi connectivity index (χ4v) is 3.07. The van der Waals surface area contributed by atoms with Gasteiger partial charge in [-0.3, -0.25) is 4.90 Å². The Balaban J connectivity index is 1.99. The van der Waals surface area contributed by atoms with E-state index in [-0.39, 0.29) is 5.92 Å². The molecule has 2 fully saturated rings. The van der Waals surface area contributed by atoms with Crippen LogP contribution in [-0.4, -0.2) is 37.2 Å². The van der Waals surface area contributed by atoms with Crippen molar-refractivity contribution in [1.29, 1.82) is 5.26 Å². The Labute approximate surface area is 98.4 Å². The SMILES string of the molecule is CCC1CCC(C#N)C(N2CCOCC2)C1. The van der Waals surface area contributed by atoms with Crippen molar-refractivity contribution in [2.75, 3.05) is 26.3 Å². The van der Waals surface area contributed by atoms with Gasteiger partial charge in [0.15, 0.2) is 0 Å². The second-order valence-electron chi connectivity index (χ2n) is 5.04. The first-order valence-electron chi connectivity index (χ1n) is 6.56. The average molecular weight is 222 g/mol. The number of hydrogen-bond donors (Lipinski definition) is 0. The van der Waals surface area contributed by atoms with Gasteiger partial charge in [0, 0.05) is 19.1 Å². The molecule has 3 atom stereocenters. The molecule has 1 saturated heterocycles. The van der Waals surface area contributed by atoms with Gasteiger partial charge in [-0.15, -0.1) is 0 Å². The minimum atomic E-state index is 0.251. The van der Waals surface area contributed by atoms with Crippen molar-refractivity contribution in [2.45, 2.75) is 38.6 Å². The highest BCUT2D eigenvalue weighted by Gasteiger charge is 2.34. The van der Waals surface area contributed by atoms with Gasteiger partial charge in [0.2, 0.25) is 0 Å². The highest BCUT2D eigenvalue weighted by atomic mass is 16.5. The van der Waals surface area contributed by atoms with Crippen molar-refractivity contribution in [3.63, 3.8) is 0 Å². The molecule has 2 aliphatic rings. The number of nitriles is 1. The monoisotopic (exact) mass is 222 g/mol. The van der Waals surface area contributed by atoms with Crippen molar-refractivity contribution in [1.82, 2.24) is 4.90 Å². The molecule has 0 aromatic heterocycles. The van der Waals surface area contributed by atoms with Crippen molar-refractivity contribution >= 4 is 0 Å². The van der Waals surface area contributed by atoms with Crippen LogP contribution in [0.2, 0.25) is 0 Å². The Kier molecular flexibility index (Phi) is 4.20. The minimum absolute atomic E-state index is 0.251. The molecule has 90 valence electrons. The van der Waals surface area contributed by atoms with E-state index >= 15 is 0 Å². The fourth-order valence-electron chi connectivity index (χ4n) is 3.07. The average Bonchev–Trinajstić information content (AvgIpc) is 2.39. The van der Waals surface area contributed by atoms with E-state index in [4.69, 9.17) is 4.74 Å². The van der Waals surface area contributed by atoms with Gasteiger partial charge >= 0.3 is 0 Å². The molecule has 1 aliphatic heterocycles. The van der Waals surface area contributed by atoms with Crippen LogP contribution in [0.1, 0.15) is 32.6 Å². The second-order valence-corrected chi connectivity index (χ2v) is 5.04. The summed E-state index contributed by atoms with van der Waals surface area (Å²) < 4.78 is 5.39. The molecule has 0 aromatic carbocycles. The third-order valence-electron chi connectivity index (χ3n) is 4.18. The van der Waals surface area contributed by atoms with Crippen LogP contribution in [-0.2, 0) is 4.74 Å². The van der Waals surface area contributed by atoms with Gasteiger partial charge in [-0.1, -0.05) is 13.3 Å². The molecule has 1 saturated carbocycles. The Morgan fingerprint density at radius 3 is 2.69 bits per heavy atom. The van der Waals surface area contributed by atoms with Crippen LogP contribution in [0.3, 0.4) is 0 Å². The minimum Gasteiger partial charge on any atom is -0.379 e. The first kappa shape index (κ1) is 11.9. The molecule has 0 amide bonds. The summed E-state index contributed by atoms with van der Waals surface area (Å²) in [5.41, 5.74) is 0. The van der Waals surface area contributed by atoms with Crippen LogP contribution in [0.4, 0.5) is 0 Å². The maximum atomic E-state index is 9.24. The predicted octanol–water partition coefficient (Wildman–Crippen LogP) is 2.04. The third kappa shape index (κ3) is 2.56. The number of morpholine rings is 1. The lowest BCUT2D eigenvalue weighted by Gasteiger charge is -2.41. The van der Waals surface area contributed by atoms with Gasteiger partial charge in [-0.05, 0) is 25.2 Å². The molecule has 3 unspecified atom stereocenters. The zero-order valence-corrected chi connectivity index (χ0v) is 10.2. The number of nitrogens with zero attached hydrogens (tertiary/aromatic N) is 2. The summed E-state index contributed by atoms with van der Waals surface area (Å²) >= 11 is 0. The standard InChI is InChI=1S/C13H22N2O/c1-2-11-3-4-12(10-14)13(9-11)15-5-7-16-8-6-15/h11-13H,2-9H2,1H3. The van der Waals surface area contributed by atoms with E-state index in [1.54, 1.807) is 0 Å². The zero-order valence-electron chi connectivity index (χ0n) is 10.2. The van der Waals surface area contributed by atoms with Crippen LogP contribution in [0.15, 0.2) is 0 Å². The first-order valence-corrected chi connectivity index (χ1v) is 6.56. The van der Waals surface area contributed by atoms with Crippen LogP contribution in [0, 0.1) is 23.2 Å². The smallest absolute Gasteiger partial charge is 0.0672 e. The highest BCUT2D eigenvalue weighted by molar-refractivity contribution is 4.97. The highest BCUT2D eigenvalue weighted by Crippen LogP contribution is 2.33. The van der Waals surface area contributed by atoms with Gasteiger partial charge in [0.05, 0.1) is 25.2 Å². The summed E-state index contributed by atoms with van der Waals surface area (Å²) in [6.45, 7) is 5.98. The lowest BCUT2D eigenvalue weighted by molar-refractivity contribution is -0.00701. The van der Waals surface area contributed by atoms with Crippen LogP contribution in [0.5, 0.6) is 0 Å². The lowest BCUT2D eigenvalue weighted by Crippen LogP contribution is -2.49. The third-order valence-corrected chi connectivity index (χ3v) is 4.18. The lowest BCUT2D eigenvalue weighted by atomic mass is 9.77. The van der Waals surface area contributed by atoms with Crippen molar-refractivity contribution in [3.8, 4) is 6.07 Å². The topological polar surface area (TPSA) is 36.3 Å². The van der Waals surface area contributed by atoms with Crippen LogP contribution < -0.4 is 0 Å². The molecule has 3 heteroatoms. The summed E-state index contributed by atoms with van der Waals surface area (Å²) in [6, 6.07) is 3.01. The molecule has 0 bridgehead atoms. The molecule has 0 radical (unpaired) electrons. The number of hydrogen-bond acceptors (Lipinski definition) is 3. The Morgan fingerprint density at radius 2 is 2.06 bits per heavy atom. The van der Waals surface area contributed by atoms with Gasteiger partial charge < -0.3 is 4.74 Å². The molecule has 3 nitrogen and oxygen atoms in total. The quantitative estimate of drug-likeness (QED) is 0.717. The molecule has 1 heterocycles. The van der Waals surface area contributed by atoms with Crippen molar-refractivity contribution < 1.29 is 4.74 Å². The molecule has 0 spiro atoms. The van der Waals surface area contributed by atoms with Gasteiger partial charge in [-0.2, -0.15) is 5.26 Å². The van der Waals surface area contributed by atoms with Gasteiger partial charge in [0.25, 0.3) is 0 Å². The Bertz CT molecular complexity index is 255. The zero-order chi connectivity index (χ0) is 11.4. The van der Waals surface area contributed by atoms with E-state index in [1.807, 2.05) is 0 Å². The molecular weight excluding hydrogens is 200 g/mol. The largest absolute Gasteiger partial charge is 0.379 e. The maximum absolute atomic E-state index is 9.24. The molecule has 1 aliphatic carbocycles. The molecular formula is C13H22N2O. The Morgan fingerprint density at radius 1 is 1.31 bits per heavy atom. The summed E-state index contributed by atoms with van der Waals surface area (Å²) in [4.78, 5) is 2.49. The number of ether oxygens (including phenoxy) is 1. The van der Waals surface area contributed by atoms with E-state index in [9.17, 15) is 5.26 Å². The maximum Gasteiger partial charge on any atom is 0.0672 e. The fraction of sp³-hybridized carbons (Fsp3) is 0.923. The van der Waals surface area contributed by atoms with E-state index in [2.05, 4.69) is 17.9 Å². The molecule has 2 rings (SSSR count). The first-order chi connectivity index (χ1) is 7.85. The summed E-state index contributed by atoms with van der Waals surface area (Å²) in [5, 5.41) is 9.24. The van der Waals surface area contributed by atoms with Crippen LogP contribution in [0.25, 0.3) is 0 Å². The van der Waals surface area contributed by atoms with Gasteiger partial charge in [-0.25, -0.2) is 0 Å². The van der Waals surface area contributed by atoms with E-state index in [1.165, 1.54) is 19.3 Å². The predicted molar refractivity (Wildman–Crippen MR) is 62.9 cm³/mol. The van der Waals surface area contributed by atoms with E-state index < -0.39 is 0 Å². The second kappa shape index (κ2) is 5.65. The number of rotatable bonds is 2. The Hall–Kier alpha value is -0.590. The molecule has 16 heavy (non-hydrogen) atoms. The van der Waals surface area contributed by atoms with Gasteiger partial charge in [0.1, 0.15) is 0 Å². The van der Waals surface area contributed by atoms with Crippen LogP contribution >= 0.6 is 0 Å². The van der Waals surface area contributed by atoms with Crippen molar-refractivity contribution in [3.05, 3.63) is 0 Å². The summed E-state index contributed by atoms with van der Waals surface area (Å²) in [7, 11) is 0. The molecule has 0 N–H and O–H groups in total. The summed E-state index contributed by atoms with van der Waals surface area (Å²) in [5.74, 6) is 1.08. The molecule has 0 aromatic rings. The van der Waals surface area contributed by atoms with E-state index in [0.29, 0.717) is 6.04 Å². The van der Waals surface area contributed by atoms with Crippen molar-refractivity contribution in [2.24, 2.45) is 11.8 Å². The normalized spacial score (nSPS) is 36.9. The summed E-state index contributed by atoms with van der Waals surface area (Å²) in [6.07, 6.45) is 4.82. The van der Waals surface area contributed by atoms with E-state index in [0.717, 1.165) is 38.6 Å².